The highest BCUT2D eigenvalue weighted by atomic mass is 32.2. The molecule has 0 saturated heterocycles. The zero-order chi connectivity index (χ0) is 20.9. The minimum Gasteiger partial charge on any atom is -0.252 e. The standard InChI is InChI=1S/C15H9F6N3O2S2/c1-2-28(25,26)10-4-8(15(19,20)21)5-22-11(10)13-24-9-3-7(14(16,17)18)6-23-12(9)27-13/h3-6H,2H2,1H3. The fourth-order valence-electron chi connectivity index (χ4n) is 2.23. The second-order valence-electron chi connectivity index (χ2n) is 5.54. The van der Waals surface area contributed by atoms with Crippen LogP contribution in [0.25, 0.3) is 21.0 Å². The molecule has 0 radical (unpaired) electrons. The van der Waals surface area contributed by atoms with Gasteiger partial charge in [0.2, 0.25) is 0 Å². The molecule has 28 heavy (non-hydrogen) atoms. The Morgan fingerprint density at radius 1 is 0.964 bits per heavy atom. The molecule has 0 amide bonds. The van der Waals surface area contributed by atoms with Gasteiger partial charge in [-0.25, -0.2) is 18.4 Å². The lowest BCUT2D eigenvalue weighted by Crippen LogP contribution is -2.12. The van der Waals surface area contributed by atoms with Crippen molar-refractivity contribution >= 4 is 31.5 Å². The molecule has 0 saturated carbocycles. The van der Waals surface area contributed by atoms with E-state index in [0.717, 1.165) is 17.4 Å². The molecule has 0 N–H and O–H groups in total. The molecule has 0 aliphatic rings. The van der Waals surface area contributed by atoms with Gasteiger partial charge in [0.1, 0.15) is 21.0 Å². The van der Waals surface area contributed by atoms with E-state index < -0.39 is 44.0 Å². The molecule has 5 nitrogen and oxygen atoms in total. The van der Waals surface area contributed by atoms with Crippen molar-refractivity contribution in [3.05, 3.63) is 35.7 Å². The topological polar surface area (TPSA) is 72.8 Å². The molecular weight excluding hydrogens is 432 g/mol. The van der Waals surface area contributed by atoms with E-state index in [0.29, 0.717) is 18.5 Å². The van der Waals surface area contributed by atoms with Crippen molar-refractivity contribution in [1.82, 2.24) is 15.0 Å². The predicted molar refractivity (Wildman–Crippen MR) is 88.4 cm³/mol. The van der Waals surface area contributed by atoms with Gasteiger partial charge in [-0.15, -0.1) is 0 Å². The minimum atomic E-state index is -4.82. The van der Waals surface area contributed by atoms with Gasteiger partial charge in [-0.1, -0.05) is 18.3 Å². The number of nitrogens with zero attached hydrogens (tertiary/aromatic N) is 3. The summed E-state index contributed by atoms with van der Waals surface area (Å²) in [5.74, 6) is -0.496. The fraction of sp³-hybridized carbons (Fsp3) is 0.267. The molecule has 0 spiro atoms. The number of aromatic nitrogens is 3. The van der Waals surface area contributed by atoms with Crippen LogP contribution >= 0.6 is 11.3 Å². The van der Waals surface area contributed by atoms with Crippen LogP contribution in [0.1, 0.15) is 18.1 Å². The lowest BCUT2D eigenvalue weighted by molar-refractivity contribution is -0.138. The number of fused-ring (bicyclic) bond motifs is 1. The molecule has 0 atom stereocenters. The summed E-state index contributed by atoms with van der Waals surface area (Å²) in [7, 11) is -4.12. The number of hydrogen-bond donors (Lipinski definition) is 0. The smallest absolute Gasteiger partial charge is 0.252 e. The van der Waals surface area contributed by atoms with Crippen molar-refractivity contribution in [2.75, 3.05) is 5.75 Å². The predicted octanol–water partition coefficient (Wildman–Crippen LogP) is 4.58. The largest absolute Gasteiger partial charge is 0.417 e. The van der Waals surface area contributed by atoms with Crippen molar-refractivity contribution < 1.29 is 34.8 Å². The van der Waals surface area contributed by atoms with Gasteiger partial charge >= 0.3 is 12.4 Å². The highest BCUT2D eigenvalue weighted by Crippen LogP contribution is 2.37. The monoisotopic (exact) mass is 441 g/mol. The van der Waals surface area contributed by atoms with Gasteiger partial charge < -0.3 is 0 Å². The van der Waals surface area contributed by atoms with Crippen LogP contribution in [0.3, 0.4) is 0 Å². The Morgan fingerprint density at radius 3 is 2.11 bits per heavy atom. The first kappa shape index (κ1) is 20.5. The van der Waals surface area contributed by atoms with Gasteiger partial charge in [-0.05, 0) is 12.1 Å². The SMILES string of the molecule is CCS(=O)(=O)c1cc(C(F)(F)F)cnc1-c1nc2cc(C(F)(F)F)cnc2s1. The third-order valence-corrected chi connectivity index (χ3v) is 6.40. The van der Waals surface area contributed by atoms with Crippen LogP contribution in [0.4, 0.5) is 26.3 Å². The highest BCUT2D eigenvalue weighted by Gasteiger charge is 2.34. The Labute approximate surface area is 158 Å². The van der Waals surface area contributed by atoms with Gasteiger partial charge in [-0.3, -0.25) is 4.98 Å². The lowest BCUT2D eigenvalue weighted by atomic mass is 10.2. The molecule has 13 heteroatoms. The molecule has 0 aliphatic heterocycles. The van der Waals surface area contributed by atoms with Crippen molar-refractivity contribution in [2.24, 2.45) is 0 Å². The second kappa shape index (κ2) is 6.65. The van der Waals surface area contributed by atoms with Crippen LogP contribution in [0.2, 0.25) is 0 Å². The first-order chi connectivity index (χ1) is 12.8. The molecule has 0 aliphatic carbocycles. The van der Waals surface area contributed by atoms with Crippen LogP contribution in [-0.4, -0.2) is 29.1 Å². The number of alkyl halides is 6. The minimum absolute atomic E-state index is 0.0598. The normalized spacial score (nSPS) is 13.2. The van der Waals surface area contributed by atoms with Crippen molar-refractivity contribution in [3.63, 3.8) is 0 Å². The third kappa shape index (κ3) is 3.81. The summed E-state index contributed by atoms with van der Waals surface area (Å²) in [5, 5.41) is -0.150. The van der Waals surface area contributed by atoms with Crippen molar-refractivity contribution in [1.29, 1.82) is 0 Å². The molecule has 3 aromatic rings. The molecule has 150 valence electrons. The molecule has 3 rings (SSSR count). The second-order valence-corrected chi connectivity index (χ2v) is 8.76. The summed E-state index contributed by atoms with van der Waals surface area (Å²) >= 11 is 0.726. The fourth-order valence-corrected chi connectivity index (χ4v) is 4.26. The molecule has 0 unspecified atom stereocenters. The van der Waals surface area contributed by atoms with E-state index in [2.05, 4.69) is 15.0 Å². The van der Waals surface area contributed by atoms with Crippen LogP contribution in [0.15, 0.2) is 29.4 Å². The van der Waals surface area contributed by atoms with E-state index in [1.807, 2.05) is 0 Å². The Kier molecular flexibility index (Phi) is 4.86. The van der Waals surface area contributed by atoms with Crippen LogP contribution in [0.5, 0.6) is 0 Å². The van der Waals surface area contributed by atoms with Crippen LogP contribution in [0, 0.1) is 0 Å². The molecular formula is C15H9F6N3O2S2. The molecule has 0 aromatic carbocycles. The third-order valence-electron chi connectivity index (χ3n) is 3.67. The maximum Gasteiger partial charge on any atom is 0.417 e. The number of rotatable bonds is 3. The summed E-state index contributed by atoms with van der Waals surface area (Å²) in [4.78, 5) is 10.5. The summed E-state index contributed by atoms with van der Waals surface area (Å²) in [6.45, 7) is 1.24. The number of halogens is 6. The van der Waals surface area contributed by atoms with Crippen molar-refractivity contribution in [3.8, 4) is 10.7 Å². The zero-order valence-electron chi connectivity index (χ0n) is 13.8. The highest BCUT2D eigenvalue weighted by molar-refractivity contribution is 7.91. The van der Waals surface area contributed by atoms with Gasteiger partial charge in [-0.2, -0.15) is 26.3 Å². The van der Waals surface area contributed by atoms with Gasteiger partial charge in [0.25, 0.3) is 0 Å². The van der Waals surface area contributed by atoms with E-state index in [1.54, 1.807) is 0 Å². The summed E-state index contributed by atoms with van der Waals surface area (Å²) in [6, 6.07) is 1.17. The first-order valence-corrected chi connectivity index (χ1v) is 9.94. The summed E-state index contributed by atoms with van der Waals surface area (Å²) in [6.07, 6.45) is -8.44. The van der Waals surface area contributed by atoms with E-state index >= 15 is 0 Å². The molecule has 3 aromatic heterocycles. The van der Waals surface area contributed by atoms with Gasteiger partial charge in [0, 0.05) is 12.4 Å². The first-order valence-electron chi connectivity index (χ1n) is 7.47. The van der Waals surface area contributed by atoms with Crippen LogP contribution < -0.4 is 0 Å². The molecule has 0 fully saturated rings. The Bertz CT molecular complexity index is 1150. The maximum absolute atomic E-state index is 13.0. The summed E-state index contributed by atoms with van der Waals surface area (Å²) in [5.41, 5.74) is -2.86. The number of thiazole rings is 1. The van der Waals surface area contributed by atoms with E-state index in [1.165, 1.54) is 6.92 Å². The number of hydrogen-bond acceptors (Lipinski definition) is 6. The van der Waals surface area contributed by atoms with E-state index in [9.17, 15) is 34.8 Å². The number of pyridine rings is 2. The van der Waals surface area contributed by atoms with E-state index in [-0.39, 0.29) is 21.0 Å². The molecule has 0 bridgehead atoms. The van der Waals surface area contributed by atoms with Crippen LogP contribution in [-0.2, 0) is 22.2 Å². The quantitative estimate of drug-likeness (QED) is 0.556. The zero-order valence-corrected chi connectivity index (χ0v) is 15.4. The Balaban J connectivity index is 2.23. The van der Waals surface area contributed by atoms with E-state index in [4.69, 9.17) is 0 Å². The maximum atomic E-state index is 13.0. The molecule has 3 heterocycles. The average molecular weight is 441 g/mol. The Hall–Kier alpha value is -2.28. The summed E-state index contributed by atoms with van der Waals surface area (Å²) < 4.78 is 102. The lowest BCUT2D eigenvalue weighted by Gasteiger charge is -2.11. The Morgan fingerprint density at radius 2 is 1.54 bits per heavy atom. The van der Waals surface area contributed by atoms with Gasteiger partial charge in [0.15, 0.2) is 9.84 Å². The average Bonchev–Trinajstić information content (AvgIpc) is 3.02. The van der Waals surface area contributed by atoms with Crippen molar-refractivity contribution in [2.45, 2.75) is 24.2 Å². The van der Waals surface area contributed by atoms with Gasteiger partial charge in [0.05, 0.1) is 21.8 Å². The number of sulfone groups is 1.